The SMILES string of the molecule is CCC(C)N1CCC(C)(OC(=O)NC(C)C)CC1. The van der Waals surface area contributed by atoms with Crippen molar-refractivity contribution >= 4 is 6.09 Å². The first-order chi connectivity index (χ1) is 8.36. The van der Waals surface area contributed by atoms with E-state index < -0.39 is 0 Å². The first-order valence-corrected chi connectivity index (χ1v) is 7.10. The molecule has 0 radical (unpaired) electrons. The van der Waals surface area contributed by atoms with Crippen LogP contribution in [0, 0.1) is 0 Å². The maximum atomic E-state index is 11.7. The van der Waals surface area contributed by atoms with Gasteiger partial charge in [-0.05, 0) is 47.0 Å². The van der Waals surface area contributed by atoms with Crippen molar-refractivity contribution in [3.05, 3.63) is 0 Å². The average Bonchev–Trinajstić information content (AvgIpc) is 2.27. The van der Waals surface area contributed by atoms with Crippen molar-refractivity contribution in [1.29, 1.82) is 0 Å². The lowest BCUT2D eigenvalue weighted by Gasteiger charge is -2.41. The van der Waals surface area contributed by atoms with Crippen LogP contribution in [-0.4, -0.2) is 41.8 Å². The molecule has 4 nitrogen and oxygen atoms in total. The summed E-state index contributed by atoms with van der Waals surface area (Å²) in [5.41, 5.74) is -0.303. The molecular weight excluding hydrogens is 228 g/mol. The molecule has 1 atom stereocenters. The molecular formula is C14H28N2O2. The molecule has 0 aromatic carbocycles. The Hall–Kier alpha value is -0.770. The van der Waals surface area contributed by atoms with Gasteiger partial charge in [0.05, 0.1) is 0 Å². The predicted molar refractivity (Wildman–Crippen MR) is 73.7 cm³/mol. The zero-order valence-corrected chi connectivity index (χ0v) is 12.5. The van der Waals surface area contributed by atoms with Gasteiger partial charge in [-0.1, -0.05) is 6.92 Å². The Labute approximate surface area is 111 Å². The molecule has 1 fully saturated rings. The third kappa shape index (κ3) is 4.48. The molecule has 1 aliphatic heterocycles. The summed E-state index contributed by atoms with van der Waals surface area (Å²) < 4.78 is 5.57. The van der Waals surface area contributed by atoms with E-state index >= 15 is 0 Å². The van der Waals surface area contributed by atoms with Crippen LogP contribution >= 0.6 is 0 Å². The van der Waals surface area contributed by atoms with Crippen LogP contribution in [0.3, 0.4) is 0 Å². The van der Waals surface area contributed by atoms with Crippen LogP contribution < -0.4 is 5.32 Å². The number of alkyl carbamates (subject to hydrolysis) is 1. The Balaban J connectivity index is 2.42. The van der Waals surface area contributed by atoms with Crippen molar-refractivity contribution < 1.29 is 9.53 Å². The van der Waals surface area contributed by atoms with Gasteiger partial charge in [-0.25, -0.2) is 4.79 Å². The highest BCUT2D eigenvalue weighted by molar-refractivity contribution is 5.68. The molecule has 0 aromatic rings. The first kappa shape index (κ1) is 15.3. The highest BCUT2D eigenvalue weighted by Crippen LogP contribution is 2.27. The van der Waals surface area contributed by atoms with Crippen LogP contribution in [0.15, 0.2) is 0 Å². The molecule has 0 aliphatic carbocycles. The summed E-state index contributed by atoms with van der Waals surface area (Å²) in [5, 5.41) is 2.79. The number of nitrogens with one attached hydrogen (secondary N) is 1. The van der Waals surface area contributed by atoms with E-state index in [0.29, 0.717) is 6.04 Å². The summed E-state index contributed by atoms with van der Waals surface area (Å²) in [6.45, 7) is 12.4. The molecule has 1 aliphatic rings. The number of amides is 1. The number of hydrogen-bond donors (Lipinski definition) is 1. The van der Waals surface area contributed by atoms with Crippen LogP contribution in [0.4, 0.5) is 4.79 Å². The third-order valence-electron chi connectivity index (χ3n) is 3.82. The largest absolute Gasteiger partial charge is 0.443 e. The van der Waals surface area contributed by atoms with Crippen molar-refractivity contribution in [3.8, 4) is 0 Å². The van der Waals surface area contributed by atoms with Gasteiger partial charge in [0.15, 0.2) is 0 Å². The van der Waals surface area contributed by atoms with Crippen LogP contribution in [-0.2, 0) is 4.74 Å². The van der Waals surface area contributed by atoms with E-state index in [1.54, 1.807) is 0 Å². The van der Waals surface area contributed by atoms with Gasteiger partial charge in [-0.3, -0.25) is 0 Å². The Bertz CT molecular complexity index is 271. The lowest BCUT2D eigenvalue weighted by atomic mass is 9.92. The van der Waals surface area contributed by atoms with Crippen LogP contribution in [0.25, 0.3) is 0 Å². The molecule has 0 bridgehead atoms. The van der Waals surface area contributed by atoms with Gasteiger partial charge in [-0.2, -0.15) is 0 Å². The Morgan fingerprint density at radius 2 is 1.89 bits per heavy atom. The summed E-state index contributed by atoms with van der Waals surface area (Å²) >= 11 is 0. The van der Waals surface area contributed by atoms with E-state index in [9.17, 15) is 4.79 Å². The monoisotopic (exact) mass is 256 g/mol. The molecule has 1 amide bonds. The van der Waals surface area contributed by atoms with E-state index in [1.807, 2.05) is 20.8 Å². The Morgan fingerprint density at radius 1 is 1.33 bits per heavy atom. The van der Waals surface area contributed by atoms with Crippen molar-refractivity contribution in [2.75, 3.05) is 13.1 Å². The summed E-state index contributed by atoms with van der Waals surface area (Å²) in [5.74, 6) is 0. The lowest BCUT2D eigenvalue weighted by Crippen LogP contribution is -2.49. The van der Waals surface area contributed by atoms with E-state index in [-0.39, 0.29) is 17.7 Å². The second-order valence-electron chi connectivity index (χ2n) is 5.93. The molecule has 106 valence electrons. The zero-order valence-electron chi connectivity index (χ0n) is 12.5. The minimum Gasteiger partial charge on any atom is -0.443 e. The van der Waals surface area contributed by atoms with Gasteiger partial charge in [-0.15, -0.1) is 0 Å². The number of piperidine rings is 1. The zero-order chi connectivity index (χ0) is 13.8. The smallest absolute Gasteiger partial charge is 0.407 e. The third-order valence-corrected chi connectivity index (χ3v) is 3.82. The van der Waals surface area contributed by atoms with Gasteiger partial charge in [0.25, 0.3) is 0 Å². The van der Waals surface area contributed by atoms with Crippen molar-refractivity contribution in [2.24, 2.45) is 0 Å². The maximum absolute atomic E-state index is 11.7. The number of likely N-dealkylation sites (tertiary alicyclic amines) is 1. The number of hydrogen-bond acceptors (Lipinski definition) is 3. The maximum Gasteiger partial charge on any atom is 0.407 e. The molecule has 1 unspecified atom stereocenters. The molecule has 18 heavy (non-hydrogen) atoms. The molecule has 1 heterocycles. The van der Waals surface area contributed by atoms with Gasteiger partial charge >= 0.3 is 6.09 Å². The Kier molecular flexibility index (Phi) is 5.45. The number of rotatable bonds is 4. The number of nitrogens with zero attached hydrogens (tertiary/aromatic N) is 1. The predicted octanol–water partition coefficient (Wildman–Crippen LogP) is 2.77. The van der Waals surface area contributed by atoms with Crippen molar-refractivity contribution in [2.45, 2.75) is 71.6 Å². The summed E-state index contributed by atoms with van der Waals surface area (Å²) in [4.78, 5) is 14.1. The first-order valence-electron chi connectivity index (χ1n) is 7.10. The fraction of sp³-hybridized carbons (Fsp3) is 0.929. The summed E-state index contributed by atoms with van der Waals surface area (Å²) in [7, 11) is 0. The number of ether oxygens (including phenoxy) is 1. The van der Waals surface area contributed by atoms with Crippen molar-refractivity contribution in [3.63, 3.8) is 0 Å². The molecule has 0 spiro atoms. The second-order valence-corrected chi connectivity index (χ2v) is 5.93. The molecule has 1 N–H and O–H groups in total. The molecule has 1 saturated heterocycles. The number of carbonyl (C=O) groups excluding carboxylic acids is 1. The van der Waals surface area contributed by atoms with E-state index in [0.717, 1.165) is 25.9 Å². The molecule has 0 aromatic heterocycles. The van der Waals surface area contributed by atoms with Gasteiger partial charge in [0, 0.05) is 25.2 Å². The van der Waals surface area contributed by atoms with E-state index in [1.165, 1.54) is 6.42 Å². The second kappa shape index (κ2) is 6.41. The fourth-order valence-corrected chi connectivity index (χ4v) is 2.29. The Morgan fingerprint density at radius 3 is 2.33 bits per heavy atom. The molecule has 4 heteroatoms. The van der Waals surface area contributed by atoms with Gasteiger partial charge in [0.2, 0.25) is 0 Å². The van der Waals surface area contributed by atoms with Crippen LogP contribution in [0.5, 0.6) is 0 Å². The number of carbonyl (C=O) groups is 1. The highest BCUT2D eigenvalue weighted by atomic mass is 16.6. The van der Waals surface area contributed by atoms with Gasteiger partial charge < -0.3 is 15.0 Å². The quantitative estimate of drug-likeness (QED) is 0.841. The van der Waals surface area contributed by atoms with Crippen molar-refractivity contribution in [1.82, 2.24) is 10.2 Å². The molecule has 1 rings (SSSR count). The van der Waals surface area contributed by atoms with E-state index in [2.05, 4.69) is 24.1 Å². The lowest BCUT2D eigenvalue weighted by molar-refractivity contribution is -0.0300. The minimum atomic E-state index is -0.303. The normalized spacial score (nSPS) is 21.7. The fourth-order valence-electron chi connectivity index (χ4n) is 2.29. The van der Waals surface area contributed by atoms with Crippen LogP contribution in [0.2, 0.25) is 0 Å². The average molecular weight is 256 g/mol. The summed E-state index contributed by atoms with van der Waals surface area (Å²) in [6.07, 6.45) is 2.72. The highest BCUT2D eigenvalue weighted by Gasteiger charge is 2.34. The minimum absolute atomic E-state index is 0.126. The van der Waals surface area contributed by atoms with Crippen LogP contribution in [0.1, 0.15) is 53.9 Å². The summed E-state index contributed by atoms with van der Waals surface area (Å²) in [6, 6.07) is 0.750. The topological polar surface area (TPSA) is 41.6 Å². The van der Waals surface area contributed by atoms with E-state index in [4.69, 9.17) is 4.74 Å². The standard InChI is InChI=1S/C14H28N2O2/c1-6-12(4)16-9-7-14(5,8-10-16)18-13(17)15-11(2)3/h11-12H,6-10H2,1-5H3,(H,15,17). The molecule has 0 saturated carbocycles. The van der Waals surface area contributed by atoms with Gasteiger partial charge in [0.1, 0.15) is 5.60 Å².